The van der Waals surface area contributed by atoms with Gasteiger partial charge in [0.15, 0.2) is 0 Å². The highest BCUT2D eigenvalue weighted by atomic mass is 35.5. The van der Waals surface area contributed by atoms with Crippen LogP contribution in [0.4, 0.5) is 5.13 Å². The highest BCUT2D eigenvalue weighted by molar-refractivity contribution is 7.91. The SMILES string of the molecule is O=C(Nc1nnc(S(=O)(=O)NCCCc2ccc(Cl)cc2)s1)c1ccccc1Cl. The third-order valence-corrected chi connectivity index (χ3v) is 7.07. The fourth-order valence-electron chi connectivity index (χ4n) is 2.39. The maximum absolute atomic E-state index is 12.4. The first-order chi connectivity index (χ1) is 13.8. The van der Waals surface area contributed by atoms with Gasteiger partial charge in [-0.3, -0.25) is 10.1 Å². The number of rotatable bonds is 8. The van der Waals surface area contributed by atoms with Crippen LogP contribution in [0, 0.1) is 0 Å². The second-order valence-corrected chi connectivity index (χ2v) is 9.70. The van der Waals surface area contributed by atoms with Crippen molar-refractivity contribution in [2.24, 2.45) is 0 Å². The average Bonchev–Trinajstić information content (AvgIpc) is 3.16. The predicted molar refractivity (Wildman–Crippen MR) is 114 cm³/mol. The minimum absolute atomic E-state index is 0.0662. The summed E-state index contributed by atoms with van der Waals surface area (Å²) in [5.41, 5.74) is 1.32. The summed E-state index contributed by atoms with van der Waals surface area (Å²) in [6.07, 6.45) is 1.31. The summed E-state index contributed by atoms with van der Waals surface area (Å²) >= 11 is 12.6. The highest BCUT2D eigenvalue weighted by Crippen LogP contribution is 2.22. The Hall–Kier alpha value is -2.04. The van der Waals surface area contributed by atoms with Gasteiger partial charge >= 0.3 is 0 Å². The topological polar surface area (TPSA) is 101 Å². The number of nitrogens with zero attached hydrogens (tertiary/aromatic N) is 2. The molecule has 0 unspecified atom stereocenters. The summed E-state index contributed by atoms with van der Waals surface area (Å²) in [5, 5.41) is 10.9. The lowest BCUT2D eigenvalue weighted by Gasteiger charge is -2.04. The number of aromatic nitrogens is 2. The van der Waals surface area contributed by atoms with Gasteiger partial charge in [0.1, 0.15) is 0 Å². The molecule has 3 rings (SSSR count). The molecule has 7 nitrogen and oxygen atoms in total. The van der Waals surface area contributed by atoms with E-state index in [9.17, 15) is 13.2 Å². The van der Waals surface area contributed by atoms with Crippen molar-refractivity contribution in [2.75, 3.05) is 11.9 Å². The van der Waals surface area contributed by atoms with Crippen molar-refractivity contribution in [2.45, 2.75) is 17.2 Å². The quantitative estimate of drug-likeness (QED) is 0.382. The molecule has 3 aromatic rings. The number of sulfonamides is 1. The Labute approximate surface area is 182 Å². The van der Waals surface area contributed by atoms with Crippen LogP contribution < -0.4 is 10.0 Å². The van der Waals surface area contributed by atoms with Crippen molar-refractivity contribution in [3.63, 3.8) is 0 Å². The Bertz CT molecular complexity index is 1100. The van der Waals surface area contributed by atoms with Crippen LogP contribution in [0.2, 0.25) is 10.0 Å². The van der Waals surface area contributed by atoms with Crippen LogP contribution in [0.25, 0.3) is 0 Å². The van der Waals surface area contributed by atoms with E-state index in [1.807, 2.05) is 12.1 Å². The second-order valence-electron chi connectivity index (χ2n) is 5.93. The summed E-state index contributed by atoms with van der Waals surface area (Å²) in [4.78, 5) is 12.2. The molecular weight excluding hydrogens is 455 g/mol. The summed E-state index contributed by atoms with van der Waals surface area (Å²) in [7, 11) is -3.81. The molecule has 0 aliphatic carbocycles. The number of carbonyl (C=O) groups excluding carboxylic acids is 1. The molecule has 0 saturated heterocycles. The van der Waals surface area contributed by atoms with E-state index in [2.05, 4.69) is 20.2 Å². The number of amides is 1. The van der Waals surface area contributed by atoms with E-state index < -0.39 is 15.9 Å². The van der Waals surface area contributed by atoms with Crippen LogP contribution in [-0.4, -0.2) is 31.1 Å². The van der Waals surface area contributed by atoms with Gasteiger partial charge in [0, 0.05) is 11.6 Å². The number of aryl methyl sites for hydroxylation is 1. The lowest BCUT2D eigenvalue weighted by Crippen LogP contribution is -2.25. The Morgan fingerprint density at radius 3 is 2.48 bits per heavy atom. The molecule has 0 spiro atoms. The maximum Gasteiger partial charge on any atom is 0.269 e. The Balaban J connectivity index is 1.55. The molecular formula is C18H16Cl2N4O3S2. The maximum atomic E-state index is 12.4. The molecule has 1 heterocycles. The van der Waals surface area contributed by atoms with Crippen LogP contribution in [0.1, 0.15) is 22.3 Å². The van der Waals surface area contributed by atoms with E-state index in [-0.39, 0.29) is 26.6 Å². The van der Waals surface area contributed by atoms with Gasteiger partial charge in [0.2, 0.25) is 9.47 Å². The zero-order valence-corrected chi connectivity index (χ0v) is 18.1. The van der Waals surface area contributed by atoms with E-state index in [0.29, 0.717) is 17.9 Å². The van der Waals surface area contributed by atoms with Gasteiger partial charge in [0.05, 0.1) is 10.6 Å². The molecule has 0 bridgehead atoms. The largest absolute Gasteiger partial charge is 0.296 e. The molecule has 1 amide bonds. The fourth-order valence-corrected chi connectivity index (χ4v) is 4.75. The zero-order chi connectivity index (χ0) is 20.9. The van der Waals surface area contributed by atoms with Gasteiger partial charge in [-0.2, -0.15) is 0 Å². The van der Waals surface area contributed by atoms with Crippen molar-refractivity contribution in [3.05, 3.63) is 69.7 Å². The van der Waals surface area contributed by atoms with Crippen LogP contribution in [0.5, 0.6) is 0 Å². The van der Waals surface area contributed by atoms with Crippen molar-refractivity contribution in [3.8, 4) is 0 Å². The Morgan fingerprint density at radius 1 is 1.03 bits per heavy atom. The van der Waals surface area contributed by atoms with E-state index in [1.54, 1.807) is 36.4 Å². The number of anilines is 1. The number of halogens is 2. The summed E-state index contributed by atoms with van der Waals surface area (Å²) < 4.78 is 27.0. The molecule has 0 fully saturated rings. The minimum Gasteiger partial charge on any atom is -0.296 e. The fraction of sp³-hybridized carbons (Fsp3) is 0.167. The molecule has 0 aliphatic rings. The number of carbonyl (C=O) groups is 1. The molecule has 152 valence electrons. The Kier molecular flexibility index (Phi) is 7.20. The first-order valence-electron chi connectivity index (χ1n) is 8.48. The summed E-state index contributed by atoms with van der Waals surface area (Å²) in [5.74, 6) is -0.494. The molecule has 0 saturated carbocycles. The lowest BCUT2D eigenvalue weighted by molar-refractivity contribution is 0.102. The minimum atomic E-state index is -3.81. The molecule has 1 aromatic heterocycles. The first-order valence-corrected chi connectivity index (χ1v) is 11.5. The zero-order valence-electron chi connectivity index (χ0n) is 14.9. The molecule has 29 heavy (non-hydrogen) atoms. The highest BCUT2D eigenvalue weighted by Gasteiger charge is 2.21. The van der Waals surface area contributed by atoms with E-state index in [1.165, 1.54) is 0 Å². The monoisotopic (exact) mass is 470 g/mol. The average molecular weight is 471 g/mol. The van der Waals surface area contributed by atoms with Gasteiger partial charge in [-0.1, -0.05) is 58.8 Å². The van der Waals surface area contributed by atoms with Gasteiger partial charge in [-0.15, -0.1) is 10.2 Å². The smallest absolute Gasteiger partial charge is 0.269 e. The third-order valence-electron chi connectivity index (χ3n) is 3.82. The van der Waals surface area contributed by atoms with Gasteiger partial charge in [-0.25, -0.2) is 13.1 Å². The lowest BCUT2D eigenvalue weighted by atomic mass is 10.1. The molecule has 2 N–H and O–H groups in total. The normalized spacial score (nSPS) is 11.4. The number of nitrogens with one attached hydrogen (secondary N) is 2. The second kappa shape index (κ2) is 9.64. The van der Waals surface area contributed by atoms with Crippen LogP contribution >= 0.6 is 34.5 Å². The van der Waals surface area contributed by atoms with Gasteiger partial charge in [-0.05, 0) is 42.7 Å². The van der Waals surface area contributed by atoms with Crippen molar-refractivity contribution < 1.29 is 13.2 Å². The molecule has 0 atom stereocenters. The molecule has 0 radical (unpaired) electrons. The van der Waals surface area contributed by atoms with Gasteiger partial charge in [0.25, 0.3) is 15.9 Å². The van der Waals surface area contributed by atoms with Crippen molar-refractivity contribution in [1.29, 1.82) is 0 Å². The van der Waals surface area contributed by atoms with Crippen LogP contribution in [0.15, 0.2) is 52.9 Å². The molecule has 2 aromatic carbocycles. The number of hydrogen-bond acceptors (Lipinski definition) is 6. The molecule has 11 heteroatoms. The summed E-state index contributed by atoms with van der Waals surface area (Å²) in [6.45, 7) is 0.242. The summed E-state index contributed by atoms with van der Waals surface area (Å²) in [6, 6.07) is 13.9. The molecule has 0 aliphatic heterocycles. The van der Waals surface area contributed by atoms with Gasteiger partial charge < -0.3 is 0 Å². The van der Waals surface area contributed by atoms with E-state index >= 15 is 0 Å². The number of hydrogen-bond donors (Lipinski definition) is 2. The standard InChI is InChI=1S/C18H16Cl2N4O3S2/c19-13-9-7-12(8-10-13)4-3-11-21-29(26,27)18-24-23-17(28-18)22-16(25)14-5-1-2-6-15(14)20/h1-2,5-10,21H,3-4,11H2,(H,22,23,25). The third kappa shape index (κ3) is 5.97. The van der Waals surface area contributed by atoms with E-state index in [4.69, 9.17) is 23.2 Å². The van der Waals surface area contributed by atoms with E-state index in [0.717, 1.165) is 16.9 Å². The predicted octanol–water partition coefficient (Wildman–Crippen LogP) is 4.01. The van der Waals surface area contributed by atoms with Crippen molar-refractivity contribution >= 4 is 55.6 Å². The first kappa shape index (κ1) is 21.7. The number of benzene rings is 2. The van der Waals surface area contributed by atoms with Crippen LogP contribution in [-0.2, 0) is 16.4 Å². The van der Waals surface area contributed by atoms with Crippen molar-refractivity contribution in [1.82, 2.24) is 14.9 Å². The van der Waals surface area contributed by atoms with Crippen LogP contribution in [0.3, 0.4) is 0 Å². The Morgan fingerprint density at radius 2 is 1.76 bits per heavy atom.